The molecule has 0 radical (unpaired) electrons. The van der Waals surface area contributed by atoms with Crippen LogP contribution in [0.3, 0.4) is 0 Å². The van der Waals surface area contributed by atoms with Crippen molar-refractivity contribution < 1.29 is 9.84 Å². The summed E-state index contributed by atoms with van der Waals surface area (Å²) in [5, 5.41) is 9.86. The fraction of sp³-hybridized carbons (Fsp3) is 0.529. The maximum atomic E-state index is 9.86. The van der Waals surface area contributed by atoms with E-state index in [2.05, 4.69) is 23.1 Å². The van der Waals surface area contributed by atoms with Crippen molar-refractivity contribution in [3.8, 4) is 5.75 Å². The number of hydrogen-bond donors (Lipinski definition) is 1. The summed E-state index contributed by atoms with van der Waals surface area (Å²) in [5.41, 5.74) is 2.04. The smallest absolute Gasteiger partial charge is 0.119 e. The van der Waals surface area contributed by atoms with E-state index in [4.69, 9.17) is 4.74 Å². The molecule has 1 heterocycles. The van der Waals surface area contributed by atoms with Crippen molar-refractivity contribution in [3.05, 3.63) is 35.9 Å². The van der Waals surface area contributed by atoms with Gasteiger partial charge in [0.15, 0.2) is 0 Å². The van der Waals surface area contributed by atoms with Crippen molar-refractivity contribution in [2.45, 2.75) is 32.8 Å². The van der Waals surface area contributed by atoms with Gasteiger partial charge in [0.05, 0.1) is 12.2 Å². The maximum Gasteiger partial charge on any atom is 0.119 e. The molecule has 110 valence electrons. The molecule has 0 aromatic heterocycles. The largest absolute Gasteiger partial charge is 0.494 e. The Hall–Kier alpha value is -1.32. The number of β-amino-alcohol motifs (C(OH)–C–C–N with tert-alkyl or cyclic N) is 1. The molecule has 2 rings (SSSR count). The number of benzene rings is 1. The Labute approximate surface area is 121 Å². The summed E-state index contributed by atoms with van der Waals surface area (Å²) in [4.78, 5) is 2.29. The van der Waals surface area contributed by atoms with Gasteiger partial charge in [-0.1, -0.05) is 18.2 Å². The molecule has 1 aliphatic rings. The summed E-state index contributed by atoms with van der Waals surface area (Å²) in [6, 6.07) is 8.32. The van der Waals surface area contributed by atoms with Crippen LogP contribution in [-0.4, -0.2) is 41.8 Å². The van der Waals surface area contributed by atoms with E-state index in [0.29, 0.717) is 6.61 Å². The number of nitrogens with zero attached hydrogens (tertiary/aromatic N) is 1. The van der Waals surface area contributed by atoms with Gasteiger partial charge < -0.3 is 9.84 Å². The summed E-state index contributed by atoms with van der Waals surface area (Å²) >= 11 is 0. The Bertz CT molecular complexity index is 457. The lowest BCUT2D eigenvalue weighted by atomic mass is 9.98. The van der Waals surface area contributed by atoms with Crippen LogP contribution in [0.1, 0.15) is 32.8 Å². The third-order valence-electron chi connectivity index (χ3n) is 3.44. The van der Waals surface area contributed by atoms with Crippen LogP contribution in [0.5, 0.6) is 5.75 Å². The van der Waals surface area contributed by atoms with E-state index in [9.17, 15) is 5.11 Å². The lowest BCUT2D eigenvalue weighted by Crippen LogP contribution is -2.40. The molecule has 1 aromatic rings. The minimum atomic E-state index is -0.621. The van der Waals surface area contributed by atoms with Crippen LogP contribution in [0.25, 0.3) is 5.57 Å². The van der Waals surface area contributed by atoms with Crippen LogP contribution >= 0.6 is 0 Å². The predicted octanol–water partition coefficient (Wildman–Crippen LogP) is 2.95. The van der Waals surface area contributed by atoms with Crippen LogP contribution in [0, 0.1) is 0 Å². The van der Waals surface area contributed by atoms with Gasteiger partial charge in [-0.05, 0) is 50.5 Å². The molecular weight excluding hydrogens is 250 g/mol. The van der Waals surface area contributed by atoms with Gasteiger partial charge in [0.2, 0.25) is 0 Å². The standard InChI is InChI=1S/C17H25NO2/c1-4-20-16-7-5-14(6-8-16)15-9-11-18(12-10-15)13-17(2,3)19/h5-9,19H,4,10-13H2,1-3H3. The van der Waals surface area contributed by atoms with Crippen LogP contribution in [-0.2, 0) is 0 Å². The van der Waals surface area contributed by atoms with Crippen LogP contribution in [0.2, 0.25) is 0 Å². The summed E-state index contributed by atoms with van der Waals surface area (Å²) in [6.07, 6.45) is 3.30. The second-order valence-electron chi connectivity index (χ2n) is 5.98. The van der Waals surface area contributed by atoms with Gasteiger partial charge in [-0.3, -0.25) is 4.90 Å². The average molecular weight is 275 g/mol. The molecular formula is C17H25NO2. The first kappa shape index (κ1) is 15.1. The number of ether oxygens (including phenoxy) is 1. The molecule has 0 bridgehead atoms. The van der Waals surface area contributed by atoms with E-state index in [1.54, 1.807) is 0 Å². The Morgan fingerprint density at radius 2 is 1.95 bits per heavy atom. The highest BCUT2D eigenvalue weighted by Crippen LogP contribution is 2.25. The molecule has 1 aromatic carbocycles. The van der Waals surface area contributed by atoms with Crippen molar-refractivity contribution in [1.82, 2.24) is 4.90 Å². The highest BCUT2D eigenvalue weighted by molar-refractivity contribution is 5.67. The lowest BCUT2D eigenvalue weighted by Gasteiger charge is -2.31. The third kappa shape index (κ3) is 4.36. The van der Waals surface area contributed by atoms with Gasteiger partial charge in [0, 0.05) is 19.6 Å². The van der Waals surface area contributed by atoms with Crippen molar-refractivity contribution in [3.63, 3.8) is 0 Å². The quantitative estimate of drug-likeness (QED) is 0.897. The Morgan fingerprint density at radius 1 is 1.25 bits per heavy atom. The first-order valence-corrected chi connectivity index (χ1v) is 7.35. The second-order valence-corrected chi connectivity index (χ2v) is 5.98. The van der Waals surface area contributed by atoms with Gasteiger partial charge in [0.25, 0.3) is 0 Å². The first-order valence-electron chi connectivity index (χ1n) is 7.35. The van der Waals surface area contributed by atoms with Gasteiger partial charge >= 0.3 is 0 Å². The van der Waals surface area contributed by atoms with E-state index in [1.165, 1.54) is 11.1 Å². The van der Waals surface area contributed by atoms with Crippen molar-refractivity contribution in [1.29, 1.82) is 0 Å². The highest BCUT2D eigenvalue weighted by atomic mass is 16.5. The van der Waals surface area contributed by atoms with Gasteiger partial charge in [-0.25, -0.2) is 0 Å². The van der Waals surface area contributed by atoms with Gasteiger partial charge in [0.1, 0.15) is 5.75 Å². The molecule has 1 aliphatic heterocycles. The molecule has 0 saturated heterocycles. The van der Waals surface area contributed by atoms with Crippen LogP contribution in [0.15, 0.2) is 30.3 Å². The minimum Gasteiger partial charge on any atom is -0.494 e. The molecule has 3 nitrogen and oxygen atoms in total. The van der Waals surface area contributed by atoms with E-state index in [1.807, 2.05) is 32.9 Å². The molecule has 0 amide bonds. The minimum absolute atomic E-state index is 0.621. The third-order valence-corrected chi connectivity index (χ3v) is 3.44. The Morgan fingerprint density at radius 3 is 2.45 bits per heavy atom. The Balaban J connectivity index is 1.97. The lowest BCUT2D eigenvalue weighted by molar-refractivity contribution is 0.0397. The number of hydrogen-bond acceptors (Lipinski definition) is 3. The van der Waals surface area contributed by atoms with Crippen LogP contribution < -0.4 is 4.74 Å². The summed E-state index contributed by atoms with van der Waals surface area (Å²) in [7, 11) is 0. The normalized spacial score (nSPS) is 16.9. The number of aliphatic hydroxyl groups is 1. The maximum absolute atomic E-state index is 9.86. The van der Waals surface area contributed by atoms with E-state index in [0.717, 1.165) is 31.8 Å². The first-order chi connectivity index (χ1) is 9.48. The van der Waals surface area contributed by atoms with Gasteiger partial charge in [-0.2, -0.15) is 0 Å². The monoisotopic (exact) mass is 275 g/mol. The summed E-state index contributed by atoms with van der Waals surface area (Å²) in [5.74, 6) is 0.927. The van der Waals surface area contributed by atoms with Crippen molar-refractivity contribution in [2.75, 3.05) is 26.2 Å². The molecule has 0 atom stereocenters. The highest BCUT2D eigenvalue weighted by Gasteiger charge is 2.20. The summed E-state index contributed by atoms with van der Waals surface area (Å²) < 4.78 is 5.46. The molecule has 0 fully saturated rings. The van der Waals surface area contributed by atoms with E-state index >= 15 is 0 Å². The second kappa shape index (κ2) is 6.42. The molecule has 3 heteroatoms. The van der Waals surface area contributed by atoms with Crippen molar-refractivity contribution >= 4 is 5.57 Å². The predicted molar refractivity (Wildman–Crippen MR) is 82.9 cm³/mol. The molecule has 20 heavy (non-hydrogen) atoms. The Kier molecular flexibility index (Phi) is 4.84. The van der Waals surface area contributed by atoms with E-state index in [-0.39, 0.29) is 0 Å². The molecule has 0 unspecified atom stereocenters. The molecule has 1 N–H and O–H groups in total. The van der Waals surface area contributed by atoms with E-state index < -0.39 is 5.60 Å². The molecule has 0 aliphatic carbocycles. The summed E-state index contributed by atoms with van der Waals surface area (Å²) in [6.45, 7) is 9.05. The SMILES string of the molecule is CCOc1ccc(C2=CCN(CC(C)(C)O)CC2)cc1. The molecule has 0 saturated carbocycles. The average Bonchev–Trinajstić information content (AvgIpc) is 2.39. The zero-order valence-electron chi connectivity index (χ0n) is 12.7. The zero-order valence-corrected chi connectivity index (χ0v) is 12.7. The molecule has 0 spiro atoms. The zero-order chi connectivity index (χ0) is 14.6. The topological polar surface area (TPSA) is 32.7 Å². The fourth-order valence-corrected chi connectivity index (χ4v) is 2.60. The fourth-order valence-electron chi connectivity index (χ4n) is 2.60. The van der Waals surface area contributed by atoms with Gasteiger partial charge in [-0.15, -0.1) is 0 Å². The van der Waals surface area contributed by atoms with Crippen LogP contribution in [0.4, 0.5) is 0 Å². The van der Waals surface area contributed by atoms with Crippen molar-refractivity contribution in [2.24, 2.45) is 0 Å². The number of rotatable bonds is 5.